The highest BCUT2D eigenvalue weighted by atomic mass is 16.3. The van der Waals surface area contributed by atoms with Crippen LogP contribution in [0.1, 0.15) is 22.3 Å². The molecule has 1 N–H and O–H groups in total. The molecule has 1 unspecified atom stereocenters. The summed E-state index contributed by atoms with van der Waals surface area (Å²) in [6.45, 7) is 3.82. The first kappa shape index (κ1) is 18.0. The van der Waals surface area contributed by atoms with Crippen molar-refractivity contribution in [1.29, 1.82) is 0 Å². The van der Waals surface area contributed by atoms with Crippen LogP contribution in [0, 0.1) is 0 Å². The van der Waals surface area contributed by atoms with E-state index < -0.39 is 5.60 Å². The maximum Gasteiger partial charge on any atom is 0.140 e. The first-order valence-corrected chi connectivity index (χ1v) is 9.38. The molecule has 0 amide bonds. The SMILES string of the molecule is C=Cc1ccc(C(O)(c2ccccc2)c2ccc(-c3ccccc3)cc2)cc1. The second kappa shape index (κ2) is 7.67. The van der Waals surface area contributed by atoms with Crippen LogP contribution in [0.25, 0.3) is 17.2 Å². The van der Waals surface area contributed by atoms with Crippen molar-refractivity contribution >= 4 is 6.08 Å². The monoisotopic (exact) mass is 362 g/mol. The molecule has 1 nitrogen and oxygen atoms in total. The molecule has 4 aromatic carbocycles. The zero-order valence-electron chi connectivity index (χ0n) is 15.6. The first-order chi connectivity index (χ1) is 13.7. The van der Waals surface area contributed by atoms with Crippen molar-refractivity contribution in [3.8, 4) is 11.1 Å². The van der Waals surface area contributed by atoms with Gasteiger partial charge in [0.1, 0.15) is 5.60 Å². The summed E-state index contributed by atoms with van der Waals surface area (Å²) < 4.78 is 0. The van der Waals surface area contributed by atoms with Crippen LogP contribution in [-0.2, 0) is 5.60 Å². The van der Waals surface area contributed by atoms with Crippen LogP contribution in [0.2, 0.25) is 0 Å². The third-order valence-corrected chi connectivity index (χ3v) is 5.17. The molecule has 0 saturated carbocycles. The second-order valence-corrected chi connectivity index (χ2v) is 6.85. The molecule has 0 saturated heterocycles. The van der Waals surface area contributed by atoms with E-state index >= 15 is 0 Å². The van der Waals surface area contributed by atoms with Gasteiger partial charge in [-0.15, -0.1) is 0 Å². The number of aliphatic hydroxyl groups is 1. The standard InChI is InChI=1S/C27H22O/c1-2-21-13-17-25(18-14-21)27(28,24-11-7-4-8-12-24)26-19-15-23(16-20-26)22-9-5-3-6-10-22/h2-20,28H,1H2. The minimum Gasteiger partial charge on any atom is -0.376 e. The highest BCUT2D eigenvalue weighted by molar-refractivity contribution is 5.64. The molecule has 0 spiro atoms. The van der Waals surface area contributed by atoms with E-state index in [1.165, 1.54) is 0 Å². The number of rotatable bonds is 5. The minimum absolute atomic E-state index is 0.830. The zero-order valence-corrected chi connectivity index (χ0v) is 15.6. The molecule has 0 aliphatic heterocycles. The van der Waals surface area contributed by atoms with E-state index in [1.807, 2.05) is 84.9 Å². The van der Waals surface area contributed by atoms with Crippen LogP contribution >= 0.6 is 0 Å². The molecule has 0 bridgehead atoms. The van der Waals surface area contributed by atoms with Gasteiger partial charge in [-0.3, -0.25) is 0 Å². The average molecular weight is 362 g/mol. The quantitative estimate of drug-likeness (QED) is 0.414. The third-order valence-electron chi connectivity index (χ3n) is 5.17. The van der Waals surface area contributed by atoms with Gasteiger partial charge in [0.05, 0.1) is 0 Å². The molecule has 0 fully saturated rings. The molecule has 136 valence electrons. The van der Waals surface area contributed by atoms with Crippen LogP contribution in [-0.4, -0.2) is 5.11 Å². The van der Waals surface area contributed by atoms with E-state index in [-0.39, 0.29) is 0 Å². The van der Waals surface area contributed by atoms with Gasteiger partial charge in [-0.25, -0.2) is 0 Å². The Hall–Kier alpha value is -3.42. The van der Waals surface area contributed by atoms with E-state index in [4.69, 9.17) is 0 Å². The topological polar surface area (TPSA) is 20.2 Å². The van der Waals surface area contributed by atoms with Gasteiger partial charge in [-0.05, 0) is 33.4 Å². The van der Waals surface area contributed by atoms with E-state index in [0.717, 1.165) is 33.4 Å². The molecular formula is C27H22O. The summed E-state index contributed by atoms with van der Waals surface area (Å²) in [5, 5.41) is 11.9. The molecule has 4 aromatic rings. The highest BCUT2D eigenvalue weighted by Crippen LogP contribution is 2.37. The van der Waals surface area contributed by atoms with E-state index in [1.54, 1.807) is 6.08 Å². The van der Waals surface area contributed by atoms with Gasteiger partial charge in [-0.1, -0.05) is 122 Å². The van der Waals surface area contributed by atoms with Crippen molar-refractivity contribution in [2.24, 2.45) is 0 Å². The minimum atomic E-state index is -1.23. The molecule has 1 atom stereocenters. The lowest BCUT2D eigenvalue weighted by Gasteiger charge is -2.30. The lowest BCUT2D eigenvalue weighted by Crippen LogP contribution is -2.28. The fraction of sp³-hybridized carbons (Fsp3) is 0.0370. The molecule has 0 aromatic heterocycles. The summed E-state index contributed by atoms with van der Waals surface area (Å²) >= 11 is 0. The van der Waals surface area contributed by atoms with E-state index in [2.05, 4.69) is 30.8 Å². The lowest BCUT2D eigenvalue weighted by molar-refractivity contribution is 0.125. The molecule has 0 aliphatic carbocycles. The Morgan fingerprint density at radius 2 is 0.964 bits per heavy atom. The van der Waals surface area contributed by atoms with Gasteiger partial charge >= 0.3 is 0 Å². The van der Waals surface area contributed by atoms with Crippen LogP contribution < -0.4 is 0 Å². The fourth-order valence-electron chi connectivity index (χ4n) is 3.57. The van der Waals surface area contributed by atoms with Crippen molar-refractivity contribution in [3.63, 3.8) is 0 Å². The molecular weight excluding hydrogens is 340 g/mol. The van der Waals surface area contributed by atoms with Gasteiger partial charge in [0.2, 0.25) is 0 Å². The van der Waals surface area contributed by atoms with Crippen molar-refractivity contribution < 1.29 is 5.11 Å². The normalized spacial score (nSPS) is 12.9. The maximum absolute atomic E-state index is 11.9. The zero-order chi connectivity index (χ0) is 19.4. The summed E-state index contributed by atoms with van der Waals surface area (Å²) in [4.78, 5) is 0. The molecule has 0 aliphatic rings. The van der Waals surface area contributed by atoms with Gasteiger partial charge < -0.3 is 5.11 Å². The van der Waals surface area contributed by atoms with Gasteiger partial charge in [0.15, 0.2) is 0 Å². The summed E-state index contributed by atoms with van der Waals surface area (Å²) in [5.41, 5.74) is 4.60. The smallest absolute Gasteiger partial charge is 0.140 e. The Morgan fingerprint density at radius 3 is 1.50 bits per heavy atom. The summed E-state index contributed by atoms with van der Waals surface area (Å²) in [6, 6.07) is 36.1. The number of hydrogen-bond donors (Lipinski definition) is 1. The first-order valence-electron chi connectivity index (χ1n) is 9.38. The predicted molar refractivity (Wildman–Crippen MR) is 117 cm³/mol. The van der Waals surface area contributed by atoms with Crippen LogP contribution in [0.5, 0.6) is 0 Å². The van der Waals surface area contributed by atoms with Crippen molar-refractivity contribution in [2.75, 3.05) is 0 Å². The Kier molecular flexibility index (Phi) is 4.92. The number of benzene rings is 4. The number of hydrogen-bond acceptors (Lipinski definition) is 1. The predicted octanol–water partition coefficient (Wildman–Crippen LogP) is 6.28. The fourth-order valence-corrected chi connectivity index (χ4v) is 3.57. The summed E-state index contributed by atoms with van der Waals surface area (Å²) in [6.07, 6.45) is 1.81. The molecule has 28 heavy (non-hydrogen) atoms. The highest BCUT2D eigenvalue weighted by Gasteiger charge is 2.33. The molecule has 0 heterocycles. The van der Waals surface area contributed by atoms with Crippen LogP contribution in [0.3, 0.4) is 0 Å². The Labute approximate surface area is 166 Å². The van der Waals surface area contributed by atoms with Crippen LogP contribution in [0.4, 0.5) is 0 Å². The summed E-state index contributed by atoms with van der Waals surface area (Å²) in [7, 11) is 0. The van der Waals surface area contributed by atoms with Gasteiger partial charge in [0.25, 0.3) is 0 Å². The van der Waals surface area contributed by atoms with Crippen molar-refractivity contribution in [3.05, 3.63) is 138 Å². The Bertz CT molecular complexity index is 1050. The Balaban J connectivity index is 1.82. The molecule has 0 radical (unpaired) electrons. The van der Waals surface area contributed by atoms with E-state index in [9.17, 15) is 5.11 Å². The summed E-state index contributed by atoms with van der Waals surface area (Å²) in [5.74, 6) is 0. The van der Waals surface area contributed by atoms with Gasteiger partial charge in [-0.2, -0.15) is 0 Å². The van der Waals surface area contributed by atoms with Crippen molar-refractivity contribution in [1.82, 2.24) is 0 Å². The second-order valence-electron chi connectivity index (χ2n) is 6.85. The Morgan fingerprint density at radius 1 is 0.536 bits per heavy atom. The maximum atomic E-state index is 11.9. The molecule has 1 heteroatoms. The van der Waals surface area contributed by atoms with Crippen LogP contribution in [0.15, 0.2) is 116 Å². The van der Waals surface area contributed by atoms with Gasteiger partial charge in [0, 0.05) is 0 Å². The van der Waals surface area contributed by atoms with Crippen molar-refractivity contribution in [2.45, 2.75) is 5.60 Å². The largest absolute Gasteiger partial charge is 0.376 e. The molecule has 4 rings (SSSR count). The lowest BCUT2D eigenvalue weighted by atomic mass is 9.80. The third kappa shape index (κ3) is 3.28. The van der Waals surface area contributed by atoms with E-state index in [0.29, 0.717) is 0 Å². The average Bonchev–Trinajstić information content (AvgIpc) is 2.80.